The number of H-pyrrole nitrogens is 1. The highest BCUT2D eigenvalue weighted by molar-refractivity contribution is 5.98. The van der Waals surface area contributed by atoms with Gasteiger partial charge in [0.05, 0.1) is 10.9 Å². The molecule has 0 aliphatic carbocycles. The van der Waals surface area contributed by atoms with Gasteiger partial charge in [-0.05, 0) is 37.5 Å². The van der Waals surface area contributed by atoms with Crippen molar-refractivity contribution in [3.63, 3.8) is 0 Å². The second kappa shape index (κ2) is 8.46. The molecular weight excluding hydrogens is 410 g/mol. The largest absolute Gasteiger partial charge is 0.414 e. The van der Waals surface area contributed by atoms with Crippen molar-refractivity contribution in [2.45, 2.75) is 25.3 Å². The van der Waals surface area contributed by atoms with Crippen molar-refractivity contribution in [2.24, 2.45) is 5.73 Å². The molecule has 0 bridgehead atoms. The van der Waals surface area contributed by atoms with Crippen LogP contribution in [-0.2, 0) is 4.79 Å². The van der Waals surface area contributed by atoms with Gasteiger partial charge < -0.3 is 30.6 Å². The number of rotatable bonds is 4. The summed E-state index contributed by atoms with van der Waals surface area (Å²) in [6, 6.07) is 6.69. The number of aryl methyl sites for hydroxylation is 1. The third-order valence-corrected chi connectivity index (χ3v) is 5.72. The van der Waals surface area contributed by atoms with E-state index in [1.54, 1.807) is 44.7 Å². The normalized spacial score (nSPS) is 15.4. The van der Waals surface area contributed by atoms with Crippen molar-refractivity contribution in [3.8, 4) is 5.75 Å². The number of hydrogen-bond donors (Lipinski definition) is 3. The topological polar surface area (TPSA) is 129 Å². The molecule has 4 rings (SSSR count). The maximum absolute atomic E-state index is 13.0. The zero-order valence-corrected chi connectivity index (χ0v) is 18.4. The number of carbonyl (C=O) groups is 2. The lowest BCUT2D eigenvalue weighted by atomic mass is 9.87. The van der Waals surface area contributed by atoms with E-state index in [0.717, 1.165) is 22.4 Å². The first-order valence-electron chi connectivity index (χ1n) is 10.4. The van der Waals surface area contributed by atoms with Gasteiger partial charge in [0.1, 0.15) is 23.5 Å². The van der Waals surface area contributed by atoms with Crippen LogP contribution in [0.2, 0.25) is 0 Å². The Hall–Kier alpha value is -3.66. The third-order valence-electron chi connectivity index (χ3n) is 5.72. The van der Waals surface area contributed by atoms with Crippen LogP contribution in [0, 0.1) is 6.92 Å². The molecule has 0 unspecified atom stereocenters. The fourth-order valence-corrected chi connectivity index (χ4v) is 3.77. The lowest BCUT2D eigenvalue weighted by Gasteiger charge is -2.38. The lowest BCUT2D eigenvalue weighted by Crippen LogP contribution is -2.58. The highest BCUT2D eigenvalue weighted by Gasteiger charge is 2.38. The van der Waals surface area contributed by atoms with Gasteiger partial charge in [-0.1, -0.05) is 6.07 Å². The van der Waals surface area contributed by atoms with Crippen molar-refractivity contribution < 1.29 is 14.3 Å². The van der Waals surface area contributed by atoms with E-state index in [4.69, 9.17) is 10.5 Å². The summed E-state index contributed by atoms with van der Waals surface area (Å²) in [6.07, 6.45) is 3.91. The number of aromatic nitrogens is 3. The number of piperidine rings is 1. The van der Waals surface area contributed by atoms with Crippen molar-refractivity contribution in [2.75, 3.05) is 37.4 Å². The summed E-state index contributed by atoms with van der Waals surface area (Å²) in [4.78, 5) is 40.1. The molecule has 0 saturated carbocycles. The second-order valence-corrected chi connectivity index (χ2v) is 8.28. The molecule has 1 aromatic carbocycles. The van der Waals surface area contributed by atoms with Gasteiger partial charge in [0.2, 0.25) is 5.91 Å². The monoisotopic (exact) mass is 437 g/mol. The lowest BCUT2D eigenvalue weighted by molar-refractivity contribution is -0.121. The zero-order valence-electron chi connectivity index (χ0n) is 18.4. The molecule has 3 aromatic rings. The number of hydrogen-bond acceptors (Lipinski definition) is 7. The molecule has 10 heteroatoms. The van der Waals surface area contributed by atoms with E-state index in [9.17, 15) is 9.59 Å². The van der Waals surface area contributed by atoms with E-state index in [2.05, 4.69) is 25.2 Å². The maximum Gasteiger partial charge on any atom is 0.414 e. The first-order chi connectivity index (χ1) is 15.3. The van der Waals surface area contributed by atoms with E-state index >= 15 is 0 Å². The molecule has 1 saturated heterocycles. The van der Waals surface area contributed by atoms with Crippen LogP contribution in [0.5, 0.6) is 5.75 Å². The minimum absolute atomic E-state index is 0.265. The molecule has 1 aliphatic rings. The fraction of sp³-hybridized carbons (Fsp3) is 0.364. The summed E-state index contributed by atoms with van der Waals surface area (Å²) < 4.78 is 5.25. The summed E-state index contributed by atoms with van der Waals surface area (Å²) in [5.74, 6) is 0.933. The van der Waals surface area contributed by atoms with Gasteiger partial charge in [-0.25, -0.2) is 14.8 Å². The average Bonchev–Trinajstić information content (AvgIpc) is 3.15. The molecule has 32 heavy (non-hydrogen) atoms. The number of nitrogens with two attached hydrogens (primary N) is 1. The van der Waals surface area contributed by atoms with Crippen LogP contribution in [0.25, 0.3) is 11.0 Å². The van der Waals surface area contributed by atoms with Gasteiger partial charge in [0, 0.05) is 45.1 Å². The Morgan fingerprint density at radius 2 is 2.00 bits per heavy atom. The first-order valence-corrected chi connectivity index (χ1v) is 10.4. The van der Waals surface area contributed by atoms with Crippen LogP contribution in [-0.4, -0.2) is 64.6 Å². The minimum Gasteiger partial charge on any atom is -0.410 e. The molecule has 2 aromatic heterocycles. The zero-order chi connectivity index (χ0) is 22.9. The quantitative estimate of drug-likeness (QED) is 0.571. The van der Waals surface area contributed by atoms with E-state index in [0.29, 0.717) is 37.4 Å². The van der Waals surface area contributed by atoms with Crippen LogP contribution in [0.15, 0.2) is 36.8 Å². The number of amides is 2. The Balaban J connectivity index is 1.43. The van der Waals surface area contributed by atoms with Crippen LogP contribution in [0.4, 0.5) is 16.3 Å². The maximum atomic E-state index is 13.0. The molecular formula is C22H27N7O3. The average molecular weight is 438 g/mol. The molecule has 4 N–H and O–H groups in total. The number of aromatic amines is 1. The van der Waals surface area contributed by atoms with Crippen LogP contribution in [0.3, 0.4) is 0 Å². The van der Waals surface area contributed by atoms with Gasteiger partial charge in [-0.15, -0.1) is 0 Å². The minimum atomic E-state index is -1.01. The molecule has 2 amide bonds. The highest BCUT2D eigenvalue weighted by Crippen LogP contribution is 2.30. The van der Waals surface area contributed by atoms with Crippen molar-refractivity contribution in [3.05, 3.63) is 42.4 Å². The molecule has 0 radical (unpaired) electrons. The molecule has 168 valence electrons. The second-order valence-electron chi connectivity index (χ2n) is 8.28. The molecule has 0 atom stereocenters. The standard InChI is InChI=1S/C22H27N7O3/c1-14-12-24-18-17(14)19(26-13-25-18)29-9-7-22(23,8-10-29)20(30)27-15-5-4-6-16(11-15)32-21(31)28(2)3/h4-6,11-13H,7-10,23H2,1-3H3,(H,27,30)(H,24,25,26). The molecule has 1 aliphatic heterocycles. The predicted molar refractivity (Wildman–Crippen MR) is 122 cm³/mol. The van der Waals surface area contributed by atoms with Crippen LogP contribution < -0.4 is 20.7 Å². The number of fused-ring (bicyclic) bond motifs is 1. The van der Waals surface area contributed by atoms with Crippen molar-refractivity contribution in [1.82, 2.24) is 19.9 Å². The molecule has 1 fully saturated rings. The van der Waals surface area contributed by atoms with Gasteiger partial charge in [0.25, 0.3) is 0 Å². The molecule has 0 spiro atoms. The Morgan fingerprint density at radius 1 is 1.25 bits per heavy atom. The first kappa shape index (κ1) is 21.6. The van der Waals surface area contributed by atoms with E-state index in [1.165, 1.54) is 4.90 Å². The van der Waals surface area contributed by atoms with Gasteiger partial charge in [-0.3, -0.25) is 4.79 Å². The number of carbonyl (C=O) groups excluding carboxylic acids is 2. The van der Waals surface area contributed by atoms with E-state index < -0.39 is 11.6 Å². The van der Waals surface area contributed by atoms with Crippen molar-refractivity contribution >= 4 is 34.5 Å². The Labute approximate surface area is 185 Å². The summed E-state index contributed by atoms with van der Waals surface area (Å²) in [5.41, 5.74) is 7.89. The highest BCUT2D eigenvalue weighted by atomic mass is 16.6. The fourth-order valence-electron chi connectivity index (χ4n) is 3.77. The number of anilines is 2. The van der Waals surface area contributed by atoms with Gasteiger partial charge >= 0.3 is 6.09 Å². The Bertz CT molecular complexity index is 1150. The number of nitrogens with one attached hydrogen (secondary N) is 2. The Morgan fingerprint density at radius 3 is 2.72 bits per heavy atom. The summed E-state index contributed by atoms with van der Waals surface area (Å²) in [7, 11) is 3.20. The number of nitrogens with zero attached hydrogens (tertiary/aromatic N) is 4. The van der Waals surface area contributed by atoms with Gasteiger partial charge in [-0.2, -0.15) is 0 Å². The molecule has 3 heterocycles. The summed E-state index contributed by atoms with van der Waals surface area (Å²) in [5, 5.41) is 3.86. The van der Waals surface area contributed by atoms with Gasteiger partial charge in [0.15, 0.2) is 0 Å². The summed E-state index contributed by atoms with van der Waals surface area (Å²) in [6.45, 7) is 3.21. The predicted octanol–water partition coefficient (Wildman–Crippen LogP) is 2.26. The van der Waals surface area contributed by atoms with Crippen LogP contribution in [0.1, 0.15) is 18.4 Å². The number of ether oxygens (including phenoxy) is 1. The SMILES string of the molecule is Cc1c[nH]c2ncnc(N3CCC(N)(C(=O)Nc4cccc(OC(=O)N(C)C)c4)CC3)c12. The van der Waals surface area contributed by atoms with E-state index in [-0.39, 0.29) is 5.91 Å². The Kier molecular flexibility index (Phi) is 5.70. The van der Waals surface area contributed by atoms with Crippen molar-refractivity contribution in [1.29, 1.82) is 0 Å². The molecule has 10 nitrogen and oxygen atoms in total. The van der Waals surface area contributed by atoms with Crippen LogP contribution >= 0.6 is 0 Å². The number of benzene rings is 1. The smallest absolute Gasteiger partial charge is 0.410 e. The van der Waals surface area contributed by atoms with E-state index in [1.807, 2.05) is 13.1 Å². The third kappa shape index (κ3) is 4.22. The summed E-state index contributed by atoms with van der Waals surface area (Å²) >= 11 is 0.